The van der Waals surface area contributed by atoms with Gasteiger partial charge in [-0.3, -0.25) is 14.5 Å². The monoisotopic (exact) mass is 428 g/mol. The number of Topliss-reactive ketones (excluding diaryl/α,β-unsaturated/α-hetero) is 1. The molecule has 1 atom stereocenters. The van der Waals surface area contributed by atoms with Crippen molar-refractivity contribution in [3.05, 3.63) is 69.1 Å². The van der Waals surface area contributed by atoms with Crippen molar-refractivity contribution in [1.82, 2.24) is 4.98 Å². The molecule has 1 aromatic carbocycles. The average molecular weight is 428 g/mol. The fourth-order valence-electron chi connectivity index (χ4n) is 3.26. The fourth-order valence-corrected chi connectivity index (χ4v) is 4.60. The molecule has 1 amide bonds. The number of ether oxygens (including phenoxy) is 2. The van der Waals surface area contributed by atoms with E-state index in [1.807, 2.05) is 0 Å². The van der Waals surface area contributed by atoms with Crippen LogP contribution in [0.15, 0.2) is 58.6 Å². The lowest BCUT2D eigenvalue weighted by Crippen LogP contribution is -2.31. The summed E-state index contributed by atoms with van der Waals surface area (Å²) in [4.78, 5) is 32.2. The van der Waals surface area contributed by atoms with Gasteiger partial charge in [-0.1, -0.05) is 6.07 Å². The highest BCUT2D eigenvalue weighted by molar-refractivity contribution is 7.14. The van der Waals surface area contributed by atoms with Gasteiger partial charge in [0.05, 0.1) is 24.7 Å². The molecule has 2 aromatic heterocycles. The molecule has 9 heteroatoms. The molecule has 148 valence electrons. The fraction of sp³-hybridized carbons (Fsp3) is 0.150. The summed E-state index contributed by atoms with van der Waals surface area (Å²) in [7, 11) is 3.02. The predicted octanol–water partition coefficient (Wildman–Crippen LogP) is 4.00. The maximum Gasteiger partial charge on any atom is 0.296 e. The first-order chi connectivity index (χ1) is 14.1. The zero-order chi connectivity index (χ0) is 20.5. The van der Waals surface area contributed by atoms with Crippen LogP contribution >= 0.6 is 22.7 Å². The van der Waals surface area contributed by atoms with Crippen LogP contribution in [0.5, 0.6) is 11.5 Å². The van der Waals surface area contributed by atoms with Crippen LogP contribution in [0.1, 0.15) is 21.3 Å². The Morgan fingerprint density at radius 1 is 1.17 bits per heavy atom. The minimum Gasteiger partial charge on any atom is -0.503 e. The molecule has 0 unspecified atom stereocenters. The van der Waals surface area contributed by atoms with Crippen molar-refractivity contribution < 1.29 is 24.2 Å². The number of hydrogen-bond acceptors (Lipinski definition) is 8. The number of benzene rings is 1. The standard InChI is InChI=1S/C20H16N2O5S2/c1-26-11-5-6-13(27-2)12(10-11)16-15(17(23)14-4-3-8-28-14)18(24)19(25)22(16)20-21-7-9-29-20/h3-10,16,24H,1-2H3/t16-/m0/s1. The van der Waals surface area contributed by atoms with Crippen molar-refractivity contribution in [2.75, 3.05) is 19.1 Å². The molecule has 0 spiro atoms. The van der Waals surface area contributed by atoms with Crippen LogP contribution < -0.4 is 14.4 Å². The van der Waals surface area contributed by atoms with Crippen molar-refractivity contribution in [3.63, 3.8) is 0 Å². The predicted molar refractivity (Wildman–Crippen MR) is 110 cm³/mol. The van der Waals surface area contributed by atoms with Crippen molar-refractivity contribution in [2.24, 2.45) is 0 Å². The number of amides is 1. The Balaban J connectivity index is 1.94. The van der Waals surface area contributed by atoms with Gasteiger partial charge in [-0.25, -0.2) is 4.98 Å². The SMILES string of the molecule is COc1ccc(OC)c([C@H]2C(C(=O)c3cccs3)=C(O)C(=O)N2c2nccs2)c1. The van der Waals surface area contributed by atoms with Gasteiger partial charge in [-0.2, -0.15) is 0 Å². The molecule has 4 rings (SSSR count). The molecule has 1 N–H and O–H groups in total. The normalized spacial score (nSPS) is 16.4. The molecule has 29 heavy (non-hydrogen) atoms. The van der Waals surface area contributed by atoms with E-state index in [0.29, 0.717) is 27.1 Å². The Labute approximate surface area is 174 Å². The number of carbonyl (C=O) groups excluding carboxylic acids is 2. The molecule has 3 aromatic rings. The smallest absolute Gasteiger partial charge is 0.296 e. The van der Waals surface area contributed by atoms with Crippen LogP contribution in [0, 0.1) is 0 Å². The summed E-state index contributed by atoms with van der Waals surface area (Å²) in [5, 5.41) is 14.5. The Morgan fingerprint density at radius 2 is 2.00 bits per heavy atom. The third kappa shape index (κ3) is 3.18. The third-order valence-electron chi connectivity index (χ3n) is 4.55. The number of nitrogens with zero attached hydrogens (tertiary/aromatic N) is 2. The molecule has 0 bridgehead atoms. The van der Waals surface area contributed by atoms with Gasteiger partial charge in [-0.05, 0) is 29.6 Å². The molecule has 1 aliphatic rings. The first-order valence-electron chi connectivity index (χ1n) is 8.53. The molecule has 3 heterocycles. The van der Waals surface area contributed by atoms with Gasteiger partial charge in [-0.15, -0.1) is 22.7 Å². The van der Waals surface area contributed by atoms with Crippen LogP contribution in [-0.2, 0) is 4.79 Å². The topological polar surface area (TPSA) is 89.0 Å². The second-order valence-corrected chi connectivity index (χ2v) is 7.89. The van der Waals surface area contributed by atoms with E-state index in [9.17, 15) is 14.7 Å². The molecule has 0 aliphatic carbocycles. The van der Waals surface area contributed by atoms with E-state index in [4.69, 9.17) is 9.47 Å². The number of aliphatic hydroxyl groups is 1. The lowest BCUT2D eigenvalue weighted by Gasteiger charge is -2.26. The zero-order valence-corrected chi connectivity index (χ0v) is 17.1. The van der Waals surface area contributed by atoms with Gasteiger partial charge in [0, 0.05) is 17.1 Å². The number of rotatable bonds is 6. The highest BCUT2D eigenvalue weighted by Gasteiger charge is 2.47. The van der Waals surface area contributed by atoms with Crippen molar-refractivity contribution >= 4 is 39.5 Å². The van der Waals surface area contributed by atoms with E-state index in [0.717, 1.165) is 0 Å². The van der Waals surface area contributed by atoms with E-state index in [1.165, 1.54) is 41.8 Å². The van der Waals surface area contributed by atoms with Crippen molar-refractivity contribution in [2.45, 2.75) is 6.04 Å². The molecule has 7 nitrogen and oxygen atoms in total. The Morgan fingerprint density at radius 3 is 2.62 bits per heavy atom. The van der Waals surface area contributed by atoms with Crippen molar-refractivity contribution in [3.8, 4) is 11.5 Å². The largest absolute Gasteiger partial charge is 0.503 e. The Kier molecular flexibility index (Phi) is 5.08. The summed E-state index contributed by atoms with van der Waals surface area (Å²) < 4.78 is 10.8. The zero-order valence-electron chi connectivity index (χ0n) is 15.5. The molecule has 0 radical (unpaired) electrons. The highest BCUT2D eigenvalue weighted by atomic mass is 32.1. The first kappa shape index (κ1) is 19.2. The molecule has 0 fully saturated rings. The minimum absolute atomic E-state index is 0.0146. The van der Waals surface area contributed by atoms with Crippen LogP contribution in [0.3, 0.4) is 0 Å². The number of methoxy groups -OCH3 is 2. The molecule has 1 aliphatic heterocycles. The first-order valence-corrected chi connectivity index (χ1v) is 10.3. The summed E-state index contributed by atoms with van der Waals surface area (Å²) in [6, 6.07) is 7.60. The maximum atomic E-state index is 13.2. The van der Waals surface area contributed by atoms with Gasteiger partial charge in [0.1, 0.15) is 17.5 Å². The Bertz CT molecular complexity index is 1090. The number of thiophene rings is 1. The van der Waals surface area contributed by atoms with Crippen molar-refractivity contribution in [1.29, 1.82) is 0 Å². The maximum absolute atomic E-state index is 13.2. The summed E-state index contributed by atoms with van der Waals surface area (Å²) >= 11 is 2.48. The summed E-state index contributed by atoms with van der Waals surface area (Å²) in [5.74, 6) is -0.707. The quantitative estimate of drug-likeness (QED) is 0.597. The van der Waals surface area contributed by atoms with Gasteiger partial charge < -0.3 is 14.6 Å². The molecular formula is C20H16N2O5S2. The third-order valence-corrected chi connectivity index (χ3v) is 6.19. The summed E-state index contributed by atoms with van der Waals surface area (Å²) in [6.07, 6.45) is 1.56. The van der Waals surface area contributed by atoms with Gasteiger partial charge in [0.15, 0.2) is 10.9 Å². The van der Waals surface area contributed by atoms with Crippen LogP contribution in [0.2, 0.25) is 0 Å². The molecular weight excluding hydrogens is 412 g/mol. The van der Waals surface area contributed by atoms with E-state index in [2.05, 4.69) is 4.98 Å². The van der Waals surface area contributed by atoms with Gasteiger partial charge in [0.2, 0.25) is 5.78 Å². The van der Waals surface area contributed by atoms with Crippen LogP contribution in [0.25, 0.3) is 0 Å². The number of anilines is 1. The average Bonchev–Trinajstić information content (AvgIpc) is 3.49. The lowest BCUT2D eigenvalue weighted by atomic mass is 9.94. The van der Waals surface area contributed by atoms with E-state index >= 15 is 0 Å². The molecule has 0 saturated carbocycles. The Hall–Kier alpha value is -3.17. The second kappa shape index (κ2) is 7.69. The highest BCUT2D eigenvalue weighted by Crippen LogP contribution is 2.46. The second-order valence-electron chi connectivity index (χ2n) is 6.07. The number of thiazole rings is 1. The number of hydrogen-bond donors (Lipinski definition) is 1. The van der Waals surface area contributed by atoms with Gasteiger partial charge >= 0.3 is 0 Å². The number of carbonyl (C=O) groups is 2. The van der Waals surface area contributed by atoms with E-state index in [1.54, 1.807) is 47.3 Å². The van der Waals surface area contributed by atoms with Gasteiger partial charge in [0.25, 0.3) is 5.91 Å². The number of aliphatic hydroxyl groups excluding tert-OH is 1. The van der Waals surface area contributed by atoms with Crippen LogP contribution in [0.4, 0.5) is 5.13 Å². The summed E-state index contributed by atoms with van der Waals surface area (Å²) in [5.41, 5.74) is 0.499. The summed E-state index contributed by atoms with van der Waals surface area (Å²) in [6.45, 7) is 0. The van der Waals surface area contributed by atoms with E-state index in [-0.39, 0.29) is 5.57 Å². The molecule has 0 saturated heterocycles. The van der Waals surface area contributed by atoms with Crippen LogP contribution in [-0.4, -0.2) is 36.0 Å². The minimum atomic E-state index is -0.909. The number of aromatic nitrogens is 1. The van der Waals surface area contributed by atoms with E-state index < -0.39 is 23.5 Å². The lowest BCUT2D eigenvalue weighted by molar-refractivity contribution is -0.117. The number of ketones is 1.